The molecule has 0 unspecified atom stereocenters. The lowest BCUT2D eigenvalue weighted by Gasteiger charge is -2.22. The maximum Gasteiger partial charge on any atom is 0.231 e. The smallest absolute Gasteiger partial charge is 0.231 e. The summed E-state index contributed by atoms with van der Waals surface area (Å²) in [6, 6.07) is 14.8. The second-order valence-electron chi connectivity index (χ2n) is 6.99. The van der Waals surface area contributed by atoms with E-state index in [-0.39, 0.29) is 24.0 Å². The fourth-order valence-electron chi connectivity index (χ4n) is 3.47. The van der Waals surface area contributed by atoms with Gasteiger partial charge in [-0.3, -0.25) is 4.99 Å². The number of fused-ring (bicyclic) bond motifs is 1. The maximum absolute atomic E-state index is 5.47. The number of rotatable bonds is 5. The van der Waals surface area contributed by atoms with Crippen LogP contribution in [0.3, 0.4) is 0 Å². The molecule has 2 heterocycles. The average molecular weight is 506 g/mol. The van der Waals surface area contributed by atoms with Crippen molar-refractivity contribution in [3.8, 4) is 11.5 Å². The van der Waals surface area contributed by atoms with Crippen molar-refractivity contribution in [1.82, 2.24) is 10.2 Å². The van der Waals surface area contributed by atoms with E-state index in [0.29, 0.717) is 6.79 Å². The molecule has 0 saturated carbocycles. The van der Waals surface area contributed by atoms with E-state index in [4.69, 9.17) is 9.47 Å². The first-order chi connectivity index (χ1) is 13.7. The molecule has 0 spiro atoms. The number of ether oxygens (including phenoxy) is 2. The SMILES string of the molecule is CN=C(NCc1ccc(N2CC=CC2)cc1)N(C)Cc1ccc2c(c1)OCO2.I. The van der Waals surface area contributed by atoms with Gasteiger partial charge in [-0.2, -0.15) is 0 Å². The molecule has 0 aliphatic carbocycles. The molecule has 0 bridgehead atoms. The number of nitrogens with one attached hydrogen (secondary N) is 1. The quantitative estimate of drug-likeness (QED) is 0.291. The number of nitrogens with zero attached hydrogens (tertiary/aromatic N) is 3. The van der Waals surface area contributed by atoms with Gasteiger partial charge < -0.3 is 24.6 Å². The Morgan fingerprint density at radius 3 is 2.45 bits per heavy atom. The molecular weight excluding hydrogens is 479 g/mol. The van der Waals surface area contributed by atoms with Crippen LogP contribution < -0.4 is 19.7 Å². The van der Waals surface area contributed by atoms with Gasteiger partial charge in [0.2, 0.25) is 6.79 Å². The van der Waals surface area contributed by atoms with Crippen molar-refractivity contribution in [2.45, 2.75) is 13.1 Å². The molecule has 1 N–H and O–H groups in total. The molecule has 2 aromatic carbocycles. The summed E-state index contributed by atoms with van der Waals surface area (Å²) in [5.74, 6) is 2.47. The molecule has 154 valence electrons. The Hall–Kier alpha value is -2.42. The van der Waals surface area contributed by atoms with Crippen molar-refractivity contribution in [2.75, 3.05) is 38.9 Å². The minimum Gasteiger partial charge on any atom is -0.454 e. The molecule has 0 atom stereocenters. The van der Waals surface area contributed by atoms with Crippen LogP contribution >= 0.6 is 24.0 Å². The van der Waals surface area contributed by atoms with Gasteiger partial charge in [0.1, 0.15) is 0 Å². The predicted molar refractivity (Wildman–Crippen MR) is 127 cm³/mol. The first kappa shape index (κ1) is 21.3. The maximum atomic E-state index is 5.47. The van der Waals surface area contributed by atoms with Crippen LogP contribution in [0.4, 0.5) is 5.69 Å². The lowest BCUT2D eigenvalue weighted by atomic mass is 10.2. The Morgan fingerprint density at radius 2 is 1.72 bits per heavy atom. The highest BCUT2D eigenvalue weighted by Crippen LogP contribution is 2.32. The largest absolute Gasteiger partial charge is 0.454 e. The topological polar surface area (TPSA) is 49.3 Å². The van der Waals surface area contributed by atoms with Gasteiger partial charge in [0.15, 0.2) is 17.5 Å². The van der Waals surface area contributed by atoms with Gasteiger partial charge in [-0.25, -0.2) is 0 Å². The number of guanidine groups is 1. The molecule has 0 saturated heterocycles. The Morgan fingerprint density at radius 1 is 1.03 bits per heavy atom. The minimum atomic E-state index is 0. The monoisotopic (exact) mass is 506 g/mol. The fourth-order valence-corrected chi connectivity index (χ4v) is 3.47. The van der Waals surface area contributed by atoms with Gasteiger partial charge in [-0.1, -0.05) is 30.4 Å². The Kier molecular flexibility index (Phi) is 7.24. The first-order valence-corrected chi connectivity index (χ1v) is 9.52. The second kappa shape index (κ2) is 9.87. The van der Waals surface area contributed by atoms with Crippen LogP contribution in [0.5, 0.6) is 11.5 Å². The standard InChI is InChI=1S/C22H26N4O2.HI/c1-23-22(25(2)15-18-7-10-20-21(13-18)28-16-27-20)24-14-17-5-8-19(9-6-17)26-11-3-4-12-26;/h3-10,13H,11-12,14-16H2,1-2H3,(H,23,24);1H. The van der Waals surface area contributed by atoms with E-state index in [1.54, 1.807) is 0 Å². The molecule has 2 aliphatic rings. The van der Waals surface area contributed by atoms with Crippen molar-refractivity contribution in [2.24, 2.45) is 4.99 Å². The summed E-state index contributed by atoms with van der Waals surface area (Å²) in [6.45, 7) is 3.75. The Bertz CT molecular complexity index is 875. The van der Waals surface area contributed by atoms with Gasteiger partial charge in [0.05, 0.1) is 0 Å². The summed E-state index contributed by atoms with van der Waals surface area (Å²) in [5, 5.41) is 3.44. The van der Waals surface area contributed by atoms with Crippen molar-refractivity contribution in [1.29, 1.82) is 0 Å². The van der Waals surface area contributed by atoms with Crippen molar-refractivity contribution in [3.05, 3.63) is 65.7 Å². The van der Waals surface area contributed by atoms with Gasteiger partial charge in [0, 0.05) is 46.0 Å². The molecule has 0 radical (unpaired) electrons. The van der Waals surface area contributed by atoms with Gasteiger partial charge >= 0.3 is 0 Å². The summed E-state index contributed by atoms with van der Waals surface area (Å²) in [4.78, 5) is 8.85. The average Bonchev–Trinajstić information content (AvgIpc) is 3.40. The molecule has 6 nitrogen and oxygen atoms in total. The third-order valence-corrected chi connectivity index (χ3v) is 5.00. The summed E-state index contributed by atoms with van der Waals surface area (Å²) in [5.41, 5.74) is 3.64. The molecule has 4 rings (SSSR count). The zero-order chi connectivity index (χ0) is 19.3. The third-order valence-electron chi connectivity index (χ3n) is 5.00. The summed E-state index contributed by atoms with van der Waals surface area (Å²) in [6.07, 6.45) is 4.41. The molecule has 0 aromatic heterocycles. The van der Waals surface area contributed by atoms with Crippen LogP contribution in [-0.2, 0) is 13.1 Å². The Labute approximate surface area is 189 Å². The molecular formula is C22H27IN4O2. The molecule has 2 aliphatic heterocycles. The number of hydrogen-bond donors (Lipinski definition) is 1. The van der Waals surface area contributed by atoms with Crippen LogP contribution in [0.2, 0.25) is 0 Å². The normalized spacial score (nSPS) is 14.7. The van der Waals surface area contributed by atoms with E-state index >= 15 is 0 Å². The van der Waals surface area contributed by atoms with Gasteiger partial charge in [0.25, 0.3) is 0 Å². The van der Waals surface area contributed by atoms with Crippen molar-refractivity contribution < 1.29 is 9.47 Å². The van der Waals surface area contributed by atoms with E-state index in [2.05, 4.69) is 62.6 Å². The molecule has 7 heteroatoms. The summed E-state index contributed by atoms with van der Waals surface area (Å²) >= 11 is 0. The number of anilines is 1. The molecule has 0 amide bonds. The molecule has 0 fully saturated rings. The first-order valence-electron chi connectivity index (χ1n) is 9.52. The van der Waals surface area contributed by atoms with E-state index < -0.39 is 0 Å². The van der Waals surface area contributed by atoms with Gasteiger partial charge in [-0.05, 0) is 35.4 Å². The number of halogens is 1. The summed E-state index contributed by atoms with van der Waals surface area (Å²) in [7, 11) is 3.84. The predicted octanol–water partition coefficient (Wildman–Crippen LogP) is 3.62. The minimum absolute atomic E-state index is 0. The van der Waals surface area contributed by atoms with Crippen LogP contribution in [0.1, 0.15) is 11.1 Å². The van der Waals surface area contributed by atoms with E-state index in [9.17, 15) is 0 Å². The van der Waals surface area contributed by atoms with Crippen LogP contribution in [0.15, 0.2) is 59.6 Å². The van der Waals surface area contributed by atoms with E-state index in [0.717, 1.165) is 49.2 Å². The zero-order valence-corrected chi connectivity index (χ0v) is 19.1. The van der Waals surface area contributed by atoms with E-state index in [1.807, 2.05) is 26.2 Å². The molecule has 29 heavy (non-hydrogen) atoms. The lowest BCUT2D eigenvalue weighted by molar-refractivity contribution is 0.174. The zero-order valence-electron chi connectivity index (χ0n) is 16.8. The highest BCUT2D eigenvalue weighted by atomic mass is 127. The van der Waals surface area contributed by atoms with Crippen molar-refractivity contribution in [3.63, 3.8) is 0 Å². The lowest BCUT2D eigenvalue weighted by Crippen LogP contribution is -2.38. The van der Waals surface area contributed by atoms with Crippen LogP contribution in [-0.4, -0.2) is 44.8 Å². The third kappa shape index (κ3) is 5.14. The number of hydrogen-bond acceptors (Lipinski definition) is 4. The second-order valence-corrected chi connectivity index (χ2v) is 6.99. The number of aliphatic imine (C=N–C) groups is 1. The Balaban J connectivity index is 0.00000240. The highest BCUT2D eigenvalue weighted by molar-refractivity contribution is 14.0. The van der Waals surface area contributed by atoms with Crippen molar-refractivity contribution >= 4 is 35.6 Å². The van der Waals surface area contributed by atoms with Crippen LogP contribution in [0, 0.1) is 0 Å². The molecule has 2 aromatic rings. The number of benzene rings is 2. The highest BCUT2D eigenvalue weighted by Gasteiger charge is 2.15. The van der Waals surface area contributed by atoms with Crippen LogP contribution in [0.25, 0.3) is 0 Å². The fraction of sp³-hybridized carbons (Fsp3) is 0.318. The van der Waals surface area contributed by atoms with Gasteiger partial charge in [-0.15, -0.1) is 24.0 Å². The van der Waals surface area contributed by atoms with E-state index in [1.165, 1.54) is 11.3 Å². The summed E-state index contributed by atoms with van der Waals surface area (Å²) < 4.78 is 10.8.